The number of nitrogens with two attached hydrogens (primary N) is 1. The Morgan fingerprint density at radius 3 is 2.33 bits per heavy atom. The number of nitrogens with zero attached hydrogens (tertiary/aromatic N) is 3. The maximum atomic E-state index is 11.7. The molecule has 0 saturated heterocycles. The second-order valence-corrected chi connectivity index (χ2v) is 4.73. The van der Waals surface area contributed by atoms with Crippen molar-refractivity contribution in [1.82, 2.24) is 14.9 Å². The van der Waals surface area contributed by atoms with Gasteiger partial charge in [-0.05, 0) is 6.26 Å². The van der Waals surface area contributed by atoms with Crippen molar-refractivity contribution < 1.29 is 31.0 Å². The van der Waals surface area contributed by atoms with Crippen molar-refractivity contribution in [1.29, 1.82) is 0 Å². The first kappa shape index (κ1) is 15.0. The first-order valence-electron chi connectivity index (χ1n) is 4.17. The van der Waals surface area contributed by atoms with Crippen LogP contribution in [-0.2, 0) is 5.41 Å². The summed E-state index contributed by atoms with van der Waals surface area (Å²) in [6.45, 7) is 5.70. The van der Waals surface area contributed by atoms with E-state index in [2.05, 4.69) is 10.2 Å². The van der Waals surface area contributed by atoms with Crippen LogP contribution in [0.3, 0.4) is 0 Å². The third-order valence-corrected chi connectivity index (χ3v) is 2.40. The van der Waals surface area contributed by atoms with Gasteiger partial charge in [-0.15, -0.1) is 10.2 Å². The van der Waals surface area contributed by atoms with Crippen LogP contribution in [0.1, 0.15) is 27.9 Å². The van der Waals surface area contributed by atoms with Crippen molar-refractivity contribution in [3.63, 3.8) is 0 Å². The van der Waals surface area contributed by atoms with Crippen molar-refractivity contribution in [2.75, 3.05) is 12.1 Å². The van der Waals surface area contributed by atoms with Gasteiger partial charge in [0.05, 0.1) is 0 Å². The minimum Gasteiger partial charge on any atom is -1.00 e. The number of nitrogen functional groups attached to an aromatic ring is 1. The molecule has 1 heterocycles. The molecule has 0 amide bonds. The van der Waals surface area contributed by atoms with Gasteiger partial charge >= 0.3 is 29.6 Å². The number of rotatable bonds is 1. The second-order valence-electron chi connectivity index (χ2n) is 3.96. The fourth-order valence-electron chi connectivity index (χ4n) is 0.995. The Balaban J connectivity index is 0. The van der Waals surface area contributed by atoms with Crippen LogP contribution in [0.4, 0.5) is 0 Å². The second kappa shape index (κ2) is 5.34. The first-order valence-corrected chi connectivity index (χ1v) is 5.39. The number of aromatic nitrogens is 3. The summed E-state index contributed by atoms with van der Waals surface area (Å²) < 4.78 is 1.04. The molecule has 7 heteroatoms. The predicted molar refractivity (Wildman–Crippen MR) is 58.0 cm³/mol. The van der Waals surface area contributed by atoms with E-state index in [4.69, 9.17) is 5.84 Å². The normalized spacial score (nSPS) is 10.9. The molecule has 0 aliphatic heterocycles. The van der Waals surface area contributed by atoms with Gasteiger partial charge in [0, 0.05) is 5.41 Å². The molecule has 1 rings (SSSR count). The summed E-state index contributed by atoms with van der Waals surface area (Å²) in [7, 11) is 0. The largest absolute Gasteiger partial charge is 1.00 e. The fourth-order valence-corrected chi connectivity index (χ4v) is 1.40. The zero-order valence-electron chi connectivity index (χ0n) is 10.7. The van der Waals surface area contributed by atoms with Gasteiger partial charge in [-0.1, -0.05) is 32.5 Å². The molecule has 0 unspecified atom stereocenters. The molecule has 0 aliphatic rings. The van der Waals surface area contributed by atoms with E-state index in [9.17, 15) is 4.79 Å². The fraction of sp³-hybridized carbons (Fsp3) is 0.625. The molecule has 1 aromatic rings. The molecule has 0 spiro atoms. The van der Waals surface area contributed by atoms with Crippen LogP contribution in [0.15, 0.2) is 9.95 Å². The number of hydrogen-bond acceptors (Lipinski definition) is 5. The van der Waals surface area contributed by atoms with Crippen molar-refractivity contribution >= 4 is 11.8 Å². The molecule has 15 heavy (non-hydrogen) atoms. The molecular weight excluding hydrogens is 223 g/mol. The molecule has 0 atom stereocenters. The van der Waals surface area contributed by atoms with Gasteiger partial charge in [0.15, 0.2) is 0 Å². The third-order valence-electron chi connectivity index (χ3n) is 1.76. The van der Waals surface area contributed by atoms with Gasteiger partial charge in [0.1, 0.15) is 5.69 Å². The smallest absolute Gasteiger partial charge is 1.00 e. The molecule has 1 aromatic heterocycles. The van der Waals surface area contributed by atoms with Crippen molar-refractivity contribution in [3.05, 3.63) is 16.0 Å². The molecule has 5 nitrogen and oxygen atoms in total. The van der Waals surface area contributed by atoms with Gasteiger partial charge < -0.3 is 7.27 Å². The van der Waals surface area contributed by atoms with Crippen LogP contribution >= 0.6 is 11.8 Å². The summed E-state index contributed by atoms with van der Waals surface area (Å²) in [6.07, 6.45) is 1.80. The standard InChI is InChI=1S/C8H14N4OS.Na.H/c1-8(2,3)5-6(13)12(9)7(14-4)11-10-5;;/h9H2,1-4H3;;/q;+1;-1. The Labute approximate surface area is 117 Å². The maximum absolute atomic E-state index is 11.7. The van der Waals surface area contributed by atoms with Crippen LogP contribution in [0.5, 0.6) is 0 Å². The van der Waals surface area contributed by atoms with Gasteiger partial charge in [0.25, 0.3) is 5.56 Å². The molecule has 0 saturated carbocycles. The molecule has 2 N–H and O–H groups in total. The Morgan fingerprint density at radius 2 is 1.93 bits per heavy atom. The average Bonchev–Trinajstić information content (AvgIpc) is 2.07. The average molecular weight is 238 g/mol. The topological polar surface area (TPSA) is 73.8 Å². The summed E-state index contributed by atoms with van der Waals surface area (Å²) in [5, 5.41) is 8.19. The molecule has 0 aliphatic carbocycles. The van der Waals surface area contributed by atoms with E-state index in [0.717, 1.165) is 4.68 Å². The van der Waals surface area contributed by atoms with Crippen molar-refractivity contribution in [3.8, 4) is 0 Å². The molecule has 0 fully saturated rings. The molecule has 0 aromatic carbocycles. The Hall–Kier alpha value is -0.0400. The van der Waals surface area contributed by atoms with E-state index in [0.29, 0.717) is 10.9 Å². The summed E-state index contributed by atoms with van der Waals surface area (Å²) in [4.78, 5) is 11.7. The quantitative estimate of drug-likeness (QED) is 0.332. The van der Waals surface area contributed by atoms with Gasteiger partial charge in [-0.3, -0.25) is 4.79 Å². The minimum atomic E-state index is -0.331. The third kappa shape index (κ3) is 3.21. The SMILES string of the molecule is CSc1nnc(C(C)(C)C)c(=O)n1N.[H-].[Na+]. The van der Waals surface area contributed by atoms with E-state index in [-0.39, 0.29) is 42.0 Å². The minimum absolute atomic E-state index is 0. The summed E-state index contributed by atoms with van der Waals surface area (Å²) in [6, 6.07) is 0. The first-order chi connectivity index (χ1) is 6.38. The summed E-state index contributed by atoms with van der Waals surface area (Å²) in [5.74, 6) is 5.57. The Kier molecular flexibility index (Phi) is 5.32. The summed E-state index contributed by atoms with van der Waals surface area (Å²) in [5.41, 5.74) is -0.225. The number of thioether (sulfide) groups is 1. The monoisotopic (exact) mass is 238 g/mol. The summed E-state index contributed by atoms with van der Waals surface area (Å²) >= 11 is 1.29. The van der Waals surface area contributed by atoms with Crippen LogP contribution < -0.4 is 41.0 Å². The Morgan fingerprint density at radius 1 is 1.40 bits per heavy atom. The van der Waals surface area contributed by atoms with Crippen LogP contribution in [0.2, 0.25) is 0 Å². The predicted octanol–water partition coefficient (Wildman–Crippen LogP) is -2.51. The van der Waals surface area contributed by atoms with Gasteiger partial charge in [-0.25, -0.2) is 0 Å². The van der Waals surface area contributed by atoms with Crippen LogP contribution in [0.25, 0.3) is 0 Å². The molecule has 0 radical (unpaired) electrons. The van der Waals surface area contributed by atoms with E-state index >= 15 is 0 Å². The van der Waals surface area contributed by atoms with Gasteiger partial charge in [-0.2, -0.15) is 4.68 Å². The van der Waals surface area contributed by atoms with Gasteiger partial charge in [0.2, 0.25) is 5.16 Å². The van der Waals surface area contributed by atoms with Crippen LogP contribution in [-0.4, -0.2) is 21.1 Å². The molecule has 80 valence electrons. The zero-order valence-corrected chi connectivity index (χ0v) is 12.6. The van der Waals surface area contributed by atoms with Crippen LogP contribution in [0, 0.1) is 0 Å². The van der Waals surface area contributed by atoms with E-state index < -0.39 is 0 Å². The molecular formula is C8H15N4NaOS. The van der Waals surface area contributed by atoms with E-state index in [1.54, 1.807) is 6.26 Å². The molecule has 0 bridgehead atoms. The number of hydrogen-bond donors (Lipinski definition) is 1. The zero-order chi connectivity index (χ0) is 10.9. The van der Waals surface area contributed by atoms with Crippen molar-refractivity contribution in [2.45, 2.75) is 31.3 Å². The van der Waals surface area contributed by atoms with E-state index in [1.165, 1.54) is 11.8 Å². The maximum Gasteiger partial charge on any atom is 1.00 e. The van der Waals surface area contributed by atoms with Crippen molar-refractivity contribution in [2.24, 2.45) is 0 Å². The Bertz CT molecular complexity index is 404. The van der Waals surface area contributed by atoms with E-state index in [1.807, 2.05) is 20.8 Å².